The first-order chi connectivity index (χ1) is 16.3. The summed E-state index contributed by atoms with van der Waals surface area (Å²) in [5.41, 5.74) is 0.968. The Labute approximate surface area is 195 Å². The van der Waals surface area contributed by atoms with Gasteiger partial charge in [-0.3, -0.25) is 9.71 Å². The smallest absolute Gasteiger partial charge is 0.262 e. The number of rotatable bonds is 8. The molecule has 0 fully saturated rings. The fourth-order valence-electron chi connectivity index (χ4n) is 3.28. The maximum absolute atomic E-state index is 13.6. The molecule has 0 aliphatic carbocycles. The number of sulfonamides is 1. The molecule has 34 heavy (non-hydrogen) atoms. The monoisotopic (exact) mass is 484 g/mol. The third kappa shape index (κ3) is 4.67. The zero-order valence-corrected chi connectivity index (χ0v) is 19.4. The van der Waals surface area contributed by atoms with Gasteiger partial charge < -0.3 is 18.9 Å². The van der Waals surface area contributed by atoms with E-state index < -0.39 is 15.8 Å². The van der Waals surface area contributed by atoms with Crippen LogP contribution in [0.25, 0.3) is 10.9 Å². The van der Waals surface area contributed by atoms with Crippen molar-refractivity contribution in [3.63, 3.8) is 0 Å². The van der Waals surface area contributed by atoms with Crippen molar-refractivity contribution in [3.05, 3.63) is 72.7 Å². The fourth-order valence-corrected chi connectivity index (χ4v) is 4.35. The zero-order valence-electron chi connectivity index (χ0n) is 18.5. The summed E-state index contributed by atoms with van der Waals surface area (Å²) in [5.74, 6) is 1.30. The first kappa shape index (κ1) is 23.1. The quantitative estimate of drug-likeness (QED) is 0.376. The molecule has 8 nitrogen and oxygen atoms in total. The topological polar surface area (TPSA) is 96.0 Å². The Kier molecular flexibility index (Phi) is 6.42. The van der Waals surface area contributed by atoms with Gasteiger partial charge in [0.25, 0.3) is 10.0 Å². The van der Waals surface area contributed by atoms with E-state index in [1.165, 1.54) is 7.11 Å². The number of aromatic nitrogens is 1. The molecule has 0 aliphatic heterocycles. The van der Waals surface area contributed by atoms with Gasteiger partial charge in [0, 0.05) is 29.4 Å². The van der Waals surface area contributed by atoms with Crippen molar-refractivity contribution in [2.75, 3.05) is 26.1 Å². The first-order valence-electron chi connectivity index (χ1n) is 9.99. The lowest BCUT2D eigenvalue weighted by Crippen LogP contribution is -2.13. The highest BCUT2D eigenvalue weighted by molar-refractivity contribution is 7.92. The molecule has 4 rings (SSSR count). The minimum absolute atomic E-state index is 0.126. The molecule has 0 aliphatic rings. The van der Waals surface area contributed by atoms with Crippen LogP contribution in [0.4, 0.5) is 10.1 Å². The number of nitrogens with zero attached hydrogens (tertiary/aromatic N) is 1. The molecule has 3 aromatic carbocycles. The Morgan fingerprint density at radius 2 is 1.47 bits per heavy atom. The van der Waals surface area contributed by atoms with Crippen LogP contribution in [-0.4, -0.2) is 34.7 Å². The molecular weight excluding hydrogens is 463 g/mol. The van der Waals surface area contributed by atoms with Crippen LogP contribution in [0, 0.1) is 5.82 Å². The summed E-state index contributed by atoms with van der Waals surface area (Å²) < 4.78 is 63.0. The fraction of sp³-hybridized carbons (Fsp3) is 0.125. The van der Waals surface area contributed by atoms with Crippen LogP contribution in [0.2, 0.25) is 0 Å². The van der Waals surface area contributed by atoms with Crippen molar-refractivity contribution in [2.24, 2.45) is 0 Å². The summed E-state index contributed by atoms with van der Waals surface area (Å²) >= 11 is 0. The third-order valence-electron chi connectivity index (χ3n) is 4.97. The number of fused-ring (bicyclic) bond motifs is 1. The van der Waals surface area contributed by atoms with Gasteiger partial charge in [-0.05, 0) is 48.5 Å². The number of ether oxygens (including phenoxy) is 4. The predicted octanol–water partition coefficient (Wildman–Crippen LogP) is 4.99. The second-order valence-corrected chi connectivity index (χ2v) is 8.74. The molecule has 10 heteroatoms. The largest absolute Gasteiger partial charge is 0.494 e. The van der Waals surface area contributed by atoms with Crippen molar-refractivity contribution >= 4 is 26.6 Å². The van der Waals surface area contributed by atoms with Crippen molar-refractivity contribution in [1.29, 1.82) is 0 Å². The van der Waals surface area contributed by atoms with E-state index >= 15 is 0 Å². The van der Waals surface area contributed by atoms with Gasteiger partial charge in [-0.1, -0.05) is 0 Å². The number of pyridine rings is 1. The second-order valence-electron chi connectivity index (χ2n) is 7.06. The average molecular weight is 485 g/mol. The summed E-state index contributed by atoms with van der Waals surface area (Å²) in [6.45, 7) is 0. The van der Waals surface area contributed by atoms with E-state index in [1.54, 1.807) is 62.9 Å². The molecular formula is C24H21FN2O6S. The molecule has 0 bridgehead atoms. The Morgan fingerprint density at radius 1 is 0.794 bits per heavy atom. The summed E-state index contributed by atoms with van der Waals surface area (Å²) in [6.07, 6.45) is 1.61. The summed E-state index contributed by atoms with van der Waals surface area (Å²) in [7, 11) is 0.406. The normalized spacial score (nSPS) is 11.2. The second kappa shape index (κ2) is 9.44. The van der Waals surface area contributed by atoms with Crippen LogP contribution in [-0.2, 0) is 10.0 Å². The Morgan fingerprint density at radius 3 is 2.15 bits per heavy atom. The Balaban J connectivity index is 1.56. The highest BCUT2D eigenvalue weighted by atomic mass is 32.2. The highest BCUT2D eigenvalue weighted by Gasteiger charge is 2.17. The molecule has 0 amide bonds. The molecule has 1 aromatic heterocycles. The molecule has 1 N–H and O–H groups in total. The summed E-state index contributed by atoms with van der Waals surface area (Å²) in [4.78, 5) is 4.22. The van der Waals surface area contributed by atoms with Crippen molar-refractivity contribution in [2.45, 2.75) is 4.90 Å². The van der Waals surface area contributed by atoms with Gasteiger partial charge in [0.1, 0.15) is 11.5 Å². The third-order valence-corrected chi connectivity index (χ3v) is 6.35. The number of methoxy groups -OCH3 is 3. The number of hydrogen-bond acceptors (Lipinski definition) is 7. The minimum Gasteiger partial charge on any atom is -0.494 e. The van der Waals surface area contributed by atoms with Crippen LogP contribution in [0.3, 0.4) is 0 Å². The first-order valence-corrected chi connectivity index (χ1v) is 11.5. The number of nitrogens with one attached hydrogen (secondary N) is 1. The highest BCUT2D eigenvalue weighted by Crippen LogP contribution is 2.37. The summed E-state index contributed by atoms with van der Waals surface area (Å²) in [5, 5.41) is 0.718. The molecule has 0 atom stereocenters. The Hall–Kier alpha value is -4.05. The van der Waals surface area contributed by atoms with Crippen molar-refractivity contribution in [3.8, 4) is 28.7 Å². The van der Waals surface area contributed by atoms with Crippen LogP contribution in [0.5, 0.6) is 28.7 Å². The number of hydrogen-bond donors (Lipinski definition) is 1. The number of halogens is 1. The van der Waals surface area contributed by atoms with E-state index in [0.717, 1.165) is 23.6 Å². The SMILES string of the molecule is COc1cc(S(=O)(=O)Nc2ccc(Oc3ccnc4cc(OC)c(OC)cc34)cc2)ccc1F. The van der Waals surface area contributed by atoms with E-state index in [0.29, 0.717) is 34.2 Å². The van der Waals surface area contributed by atoms with Gasteiger partial charge in [-0.25, -0.2) is 12.8 Å². The maximum atomic E-state index is 13.6. The van der Waals surface area contributed by atoms with Crippen LogP contribution < -0.4 is 23.7 Å². The average Bonchev–Trinajstić information content (AvgIpc) is 2.84. The Bertz CT molecular complexity index is 1440. The van der Waals surface area contributed by atoms with Gasteiger partial charge in [-0.15, -0.1) is 0 Å². The van der Waals surface area contributed by atoms with Gasteiger partial charge in [-0.2, -0.15) is 0 Å². The molecule has 176 valence electrons. The van der Waals surface area contributed by atoms with Crippen LogP contribution in [0.1, 0.15) is 0 Å². The maximum Gasteiger partial charge on any atom is 0.262 e. The van der Waals surface area contributed by atoms with Gasteiger partial charge in [0.05, 0.1) is 31.7 Å². The molecule has 1 heterocycles. The zero-order chi connectivity index (χ0) is 24.3. The van der Waals surface area contributed by atoms with Crippen LogP contribution in [0.15, 0.2) is 71.8 Å². The molecule has 0 saturated heterocycles. The molecule has 0 radical (unpaired) electrons. The van der Waals surface area contributed by atoms with E-state index in [4.69, 9.17) is 18.9 Å². The number of benzene rings is 3. The van der Waals surface area contributed by atoms with E-state index in [2.05, 4.69) is 9.71 Å². The summed E-state index contributed by atoms with van der Waals surface area (Å²) in [6, 6.07) is 14.9. The lowest BCUT2D eigenvalue weighted by atomic mass is 10.2. The van der Waals surface area contributed by atoms with Gasteiger partial charge >= 0.3 is 0 Å². The molecule has 0 spiro atoms. The minimum atomic E-state index is -3.95. The van der Waals surface area contributed by atoms with Crippen molar-refractivity contribution < 1.29 is 31.8 Å². The lowest BCUT2D eigenvalue weighted by Gasteiger charge is -2.13. The molecule has 4 aromatic rings. The van der Waals surface area contributed by atoms with E-state index in [9.17, 15) is 12.8 Å². The standard InChI is InChI=1S/C24H21FN2O6S/c1-30-22-12-17(8-9-19(22)25)34(28,29)27-15-4-6-16(7-5-15)33-21-10-11-26-20-14-24(32-3)23(31-2)13-18(20)21/h4-14,27H,1-3H3. The predicted molar refractivity (Wildman–Crippen MR) is 125 cm³/mol. The molecule has 0 unspecified atom stereocenters. The van der Waals surface area contributed by atoms with Gasteiger partial charge in [0.15, 0.2) is 23.1 Å². The lowest BCUT2D eigenvalue weighted by molar-refractivity contribution is 0.355. The van der Waals surface area contributed by atoms with E-state index in [1.807, 2.05) is 0 Å². The molecule has 0 saturated carbocycles. The number of anilines is 1. The van der Waals surface area contributed by atoms with Gasteiger partial charge in [0.2, 0.25) is 0 Å². The van der Waals surface area contributed by atoms with Crippen molar-refractivity contribution in [1.82, 2.24) is 4.98 Å². The van der Waals surface area contributed by atoms with Crippen LogP contribution >= 0.6 is 0 Å². The van der Waals surface area contributed by atoms with E-state index in [-0.39, 0.29) is 10.6 Å².